The molecule has 0 spiro atoms. The first-order chi connectivity index (χ1) is 11.4. The third-order valence-electron chi connectivity index (χ3n) is 3.65. The first kappa shape index (κ1) is 20.5. The number of aryl methyl sites for hydroxylation is 2. The van der Waals surface area contributed by atoms with Crippen LogP contribution in [0, 0.1) is 13.8 Å². The highest BCUT2D eigenvalue weighted by Gasteiger charge is 2.24. The predicted octanol–water partition coefficient (Wildman–Crippen LogP) is 2.31. The number of ether oxygens (including phenoxy) is 1. The zero-order valence-electron chi connectivity index (χ0n) is 15.3. The van der Waals surface area contributed by atoms with E-state index in [0.717, 1.165) is 16.7 Å². The van der Waals surface area contributed by atoms with E-state index in [1.807, 2.05) is 13.8 Å². The monoisotopic (exact) mass is 350 g/mol. The quantitative estimate of drug-likeness (QED) is 0.727. The minimum Gasteiger partial charge on any atom is -0.480 e. The second-order valence-corrected chi connectivity index (χ2v) is 7.03. The summed E-state index contributed by atoms with van der Waals surface area (Å²) in [6.07, 6.45) is -0.132. The van der Waals surface area contributed by atoms with Crippen molar-refractivity contribution < 1.29 is 24.2 Å². The SMILES string of the molecule is Cc1cc(C(N)=O)cc(C)c1CCC(NC(=O)OC(C)(C)C)C(=O)O. The molecule has 0 aromatic heterocycles. The van der Waals surface area contributed by atoms with Gasteiger partial charge in [-0.3, -0.25) is 4.79 Å². The molecule has 1 aromatic carbocycles. The van der Waals surface area contributed by atoms with Crippen LogP contribution < -0.4 is 11.1 Å². The molecule has 1 atom stereocenters. The Bertz CT molecular complexity index is 654. The van der Waals surface area contributed by atoms with Crippen LogP contribution in [0.25, 0.3) is 0 Å². The summed E-state index contributed by atoms with van der Waals surface area (Å²) < 4.78 is 5.10. The van der Waals surface area contributed by atoms with Crippen molar-refractivity contribution in [3.63, 3.8) is 0 Å². The molecule has 7 heteroatoms. The van der Waals surface area contributed by atoms with E-state index in [4.69, 9.17) is 10.5 Å². The van der Waals surface area contributed by atoms with Crippen LogP contribution in [0.2, 0.25) is 0 Å². The number of nitrogens with two attached hydrogens (primary N) is 1. The van der Waals surface area contributed by atoms with Crippen LogP contribution in [0.3, 0.4) is 0 Å². The van der Waals surface area contributed by atoms with Gasteiger partial charge >= 0.3 is 12.1 Å². The van der Waals surface area contributed by atoms with Crippen LogP contribution in [0.4, 0.5) is 4.79 Å². The summed E-state index contributed by atoms with van der Waals surface area (Å²) in [6, 6.07) is 2.30. The third-order valence-corrected chi connectivity index (χ3v) is 3.65. The smallest absolute Gasteiger partial charge is 0.408 e. The minimum absolute atomic E-state index is 0.201. The Morgan fingerprint density at radius 1 is 1.20 bits per heavy atom. The largest absolute Gasteiger partial charge is 0.480 e. The first-order valence-electron chi connectivity index (χ1n) is 8.03. The molecule has 0 radical (unpaired) electrons. The Labute approximate surface area is 147 Å². The Hall–Kier alpha value is -2.57. The number of hydrogen-bond donors (Lipinski definition) is 3. The second-order valence-electron chi connectivity index (χ2n) is 7.03. The van der Waals surface area contributed by atoms with Crippen molar-refractivity contribution in [1.29, 1.82) is 0 Å². The van der Waals surface area contributed by atoms with Gasteiger partial charge in [-0.05, 0) is 76.3 Å². The number of benzene rings is 1. The molecule has 1 aromatic rings. The molecule has 1 rings (SSSR count). The van der Waals surface area contributed by atoms with Gasteiger partial charge in [-0.15, -0.1) is 0 Å². The van der Waals surface area contributed by atoms with Crippen molar-refractivity contribution in [3.05, 3.63) is 34.4 Å². The van der Waals surface area contributed by atoms with Crippen molar-refractivity contribution in [1.82, 2.24) is 5.32 Å². The molecule has 0 saturated carbocycles. The first-order valence-corrected chi connectivity index (χ1v) is 8.03. The van der Waals surface area contributed by atoms with E-state index in [9.17, 15) is 19.5 Å². The maximum atomic E-state index is 11.8. The summed E-state index contributed by atoms with van der Waals surface area (Å²) >= 11 is 0. The summed E-state index contributed by atoms with van der Waals surface area (Å²) in [5.74, 6) is -1.64. The van der Waals surface area contributed by atoms with Crippen LogP contribution >= 0.6 is 0 Å². The molecule has 1 unspecified atom stereocenters. The van der Waals surface area contributed by atoms with Crippen molar-refractivity contribution in [3.8, 4) is 0 Å². The van der Waals surface area contributed by atoms with Crippen molar-refractivity contribution in [2.75, 3.05) is 0 Å². The molecule has 2 amide bonds. The van der Waals surface area contributed by atoms with Gasteiger partial charge in [0, 0.05) is 5.56 Å². The minimum atomic E-state index is -1.13. The highest BCUT2D eigenvalue weighted by Crippen LogP contribution is 2.19. The highest BCUT2D eigenvalue weighted by atomic mass is 16.6. The summed E-state index contributed by atoms with van der Waals surface area (Å²) in [5, 5.41) is 11.7. The lowest BCUT2D eigenvalue weighted by molar-refractivity contribution is -0.139. The topological polar surface area (TPSA) is 119 Å². The highest BCUT2D eigenvalue weighted by molar-refractivity contribution is 5.93. The van der Waals surface area contributed by atoms with Crippen LogP contribution in [0.5, 0.6) is 0 Å². The normalized spacial score (nSPS) is 12.4. The molecule has 0 aliphatic rings. The van der Waals surface area contributed by atoms with E-state index in [-0.39, 0.29) is 6.42 Å². The molecule has 138 valence electrons. The molecule has 0 aliphatic carbocycles. The van der Waals surface area contributed by atoms with Gasteiger partial charge in [0.2, 0.25) is 5.91 Å². The van der Waals surface area contributed by atoms with Gasteiger partial charge in [-0.1, -0.05) is 0 Å². The summed E-state index contributed by atoms with van der Waals surface area (Å²) in [7, 11) is 0. The van der Waals surface area contributed by atoms with E-state index < -0.39 is 29.6 Å². The maximum absolute atomic E-state index is 11.8. The summed E-state index contributed by atoms with van der Waals surface area (Å²) in [5.41, 5.74) is 7.65. The molecule has 0 aliphatic heterocycles. The Morgan fingerprint density at radius 2 is 1.72 bits per heavy atom. The molecule has 0 heterocycles. The number of aliphatic carboxylic acids is 1. The van der Waals surface area contributed by atoms with Gasteiger partial charge in [0.15, 0.2) is 0 Å². The zero-order valence-corrected chi connectivity index (χ0v) is 15.3. The average molecular weight is 350 g/mol. The molecule has 0 fully saturated rings. The molecule has 4 N–H and O–H groups in total. The Balaban J connectivity index is 2.84. The number of alkyl carbamates (subject to hydrolysis) is 1. The summed E-state index contributed by atoms with van der Waals surface area (Å²) in [4.78, 5) is 34.5. The van der Waals surface area contributed by atoms with Crippen LogP contribution in [0.15, 0.2) is 12.1 Å². The van der Waals surface area contributed by atoms with E-state index in [0.29, 0.717) is 12.0 Å². The van der Waals surface area contributed by atoms with Gasteiger partial charge in [-0.25, -0.2) is 9.59 Å². The van der Waals surface area contributed by atoms with Crippen LogP contribution in [0.1, 0.15) is 54.2 Å². The second kappa shape index (κ2) is 8.00. The standard InChI is InChI=1S/C18H26N2O5/c1-10-8-12(15(19)21)9-11(2)13(10)6-7-14(16(22)23)20-17(24)25-18(3,4)5/h8-9,14H,6-7H2,1-5H3,(H2,19,21)(H,20,24)(H,22,23). The van der Waals surface area contributed by atoms with Gasteiger partial charge in [-0.2, -0.15) is 0 Å². The number of carboxylic acids is 1. The summed E-state index contributed by atoms with van der Waals surface area (Å²) in [6.45, 7) is 8.79. The lowest BCUT2D eigenvalue weighted by atomic mass is 9.94. The van der Waals surface area contributed by atoms with Gasteiger partial charge in [0.25, 0.3) is 0 Å². The molecule has 0 saturated heterocycles. The van der Waals surface area contributed by atoms with E-state index >= 15 is 0 Å². The average Bonchev–Trinajstić information content (AvgIpc) is 2.42. The molecular weight excluding hydrogens is 324 g/mol. The van der Waals surface area contributed by atoms with Gasteiger partial charge in [0.05, 0.1) is 0 Å². The molecule has 0 bridgehead atoms. The number of carboxylic acid groups (broad SMARTS) is 1. The zero-order chi connectivity index (χ0) is 19.4. The number of primary amides is 1. The van der Waals surface area contributed by atoms with Crippen molar-refractivity contribution >= 4 is 18.0 Å². The van der Waals surface area contributed by atoms with Crippen LogP contribution in [-0.4, -0.2) is 34.7 Å². The molecular formula is C18H26N2O5. The lowest BCUT2D eigenvalue weighted by Crippen LogP contribution is -2.43. The number of amides is 2. The third kappa shape index (κ3) is 6.45. The van der Waals surface area contributed by atoms with Crippen molar-refractivity contribution in [2.45, 2.75) is 59.1 Å². The fourth-order valence-corrected chi connectivity index (χ4v) is 2.53. The number of rotatable bonds is 6. The van der Waals surface area contributed by atoms with Gasteiger partial charge < -0.3 is 20.9 Å². The number of nitrogens with one attached hydrogen (secondary N) is 1. The molecule has 25 heavy (non-hydrogen) atoms. The fraction of sp³-hybridized carbons (Fsp3) is 0.500. The van der Waals surface area contributed by atoms with Crippen molar-refractivity contribution in [2.24, 2.45) is 5.73 Å². The van der Waals surface area contributed by atoms with Gasteiger partial charge in [0.1, 0.15) is 11.6 Å². The molecule has 7 nitrogen and oxygen atoms in total. The number of hydrogen-bond acceptors (Lipinski definition) is 4. The number of carbonyl (C=O) groups is 3. The fourth-order valence-electron chi connectivity index (χ4n) is 2.53. The number of carbonyl (C=O) groups excluding carboxylic acids is 2. The lowest BCUT2D eigenvalue weighted by Gasteiger charge is -2.22. The van der Waals surface area contributed by atoms with E-state index in [1.54, 1.807) is 32.9 Å². The Kier molecular flexibility index (Phi) is 6.55. The van der Waals surface area contributed by atoms with Crippen LogP contribution in [-0.2, 0) is 16.0 Å². The van der Waals surface area contributed by atoms with E-state index in [2.05, 4.69) is 5.32 Å². The predicted molar refractivity (Wildman–Crippen MR) is 93.5 cm³/mol. The maximum Gasteiger partial charge on any atom is 0.408 e. The van der Waals surface area contributed by atoms with E-state index in [1.165, 1.54) is 0 Å². The Morgan fingerprint density at radius 3 is 2.12 bits per heavy atom.